The lowest BCUT2D eigenvalue weighted by molar-refractivity contribution is -0.141. The number of nitrogens with zero attached hydrogens (tertiary/aromatic N) is 3. The number of rotatable bonds is 24. The summed E-state index contributed by atoms with van der Waals surface area (Å²) in [6.45, 7) is 3.69. The number of benzene rings is 2. The van der Waals surface area contributed by atoms with Crippen LogP contribution in [-0.4, -0.2) is 135 Å². The number of phenolic OH excluding ortho intramolecular Hbond substituents is 2. The predicted molar refractivity (Wildman–Crippen MR) is 238 cm³/mol. The van der Waals surface area contributed by atoms with Gasteiger partial charge in [-0.1, -0.05) is 38.1 Å². The molecule has 1 fully saturated rings. The van der Waals surface area contributed by atoms with Crippen molar-refractivity contribution in [2.45, 2.75) is 95.0 Å². The van der Waals surface area contributed by atoms with E-state index in [0.717, 1.165) is 0 Å². The second kappa shape index (κ2) is 24.6. The summed E-state index contributed by atoms with van der Waals surface area (Å²) in [6, 6.07) is 4.65. The number of nitrogens with one attached hydrogen (secondary N) is 7. The van der Waals surface area contributed by atoms with Gasteiger partial charge in [0.15, 0.2) is 5.96 Å². The van der Waals surface area contributed by atoms with Gasteiger partial charge >= 0.3 is 0 Å². The van der Waals surface area contributed by atoms with Crippen LogP contribution in [-0.2, 0) is 52.8 Å². The summed E-state index contributed by atoms with van der Waals surface area (Å²) in [7, 11) is 1.57. The third-order valence-electron chi connectivity index (χ3n) is 10.7. The molecule has 7 amide bonds. The molecule has 6 atom stereocenters. The number of guanidine groups is 1. The molecule has 352 valence electrons. The Hall–Kier alpha value is -7.23. The molecule has 0 saturated carbocycles. The number of H-pyrrole nitrogens is 1. The summed E-state index contributed by atoms with van der Waals surface area (Å²) in [5.41, 5.74) is 18.0. The van der Waals surface area contributed by atoms with Crippen molar-refractivity contribution in [3.63, 3.8) is 0 Å². The van der Waals surface area contributed by atoms with Gasteiger partial charge < -0.3 is 69.2 Å². The molecule has 1 aliphatic heterocycles. The number of carbonyl (C=O) groups excluding carboxylic acids is 7. The van der Waals surface area contributed by atoms with Gasteiger partial charge in [-0.25, -0.2) is 4.98 Å². The highest BCUT2D eigenvalue weighted by Gasteiger charge is 2.39. The highest BCUT2D eigenvalue weighted by atomic mass is 16.3. The number of primary amides is 1. The summed E-state index contributed by atoms with van der Waals surface area (Å²) < 4.78 is 0. The van der Waals surface area contributed by atoms with Crippen molar-refractivity contribution in [3.05, 3.63) is 77.9 Å². The largest absolute Gasteiger partial charge is 0.508 e. The van der Waals surface area contributed by atoms with E-state index in [2.05, 4.69) is 46.9 Å². The average molecular weight is 904 g/mol. The maximum Gasteiger partial charge on any atom is 0.246 e. The van der Waals surface area contributed by atoms with Crippen molar-refractivity contribution in [2.24, 2.45) is 28.1 Å². The van der Waals surface area contributed by atoms with Gasteiger partial charge in [0.1, 0.15) is 47.8 Å². The molecular weight excluding hydrogens is 843 g/mol. The molecule has 65 heavy (non-hydrogen) atoms. The van der Waals surface area contributed by atoms with Gasteiger partial charge in [-0.05, 0) is 74.0 Å². The first-order valence-electron chi connectivity index (χ1n) is 21.3. The van der Waals surface area contributed by atoms with E-state index in [1.807, 2.05) is 0 Å². The maximum atomic E-state index is 14.5. The number of aromatic amines is 1. The van der Waals surface area contributed by atoms with E-state index >= 15 is 0 Å². The van der Waals surface area contributed by atoms with Crippen LogP contribution in [0.4, 0.5) is 0 Å². The Kier molecular flexibility index (Phi) is 19.1. The fourth-order valence-corrected chi connectivity index (χ4v) is 7.27. The summed E-state index contributed by atoms with van der Waals surface area (Å²) in [4.78, 5) is 108. The summed E-state index contributed by atoms with van der Waals surface area (Å²) in [5, 5.41) is 36.3. The van der Waals surface area contributed by atoms with Crippen LogP contribution in [0.15, 0.2) is 66.0 Å². The molecule has 0 unspecified atom stereocenters. The first-order chi connectivity index (χ1) is 30.9. The molecule has 2 heterocycles. The molecule has 2 aromatic carbocycles. The molecule has 0 spiro atoms. The number of likely N-dealkylation sites (tertiary alicyclic amines) is 1. The molecule has 22 nitrogen and oxygen atoms in total. The van der Waals surface area contributed by atoms with Crippen molar-refractivity contribution >= 4 is 47.3 Å². The average Bonchev–Trinajstić information content (AvgIpc) is 3.97. The van der Waals surface area contributed by atoms with Crippen molar-refractivity contribution in [3.8, 4) is 11.5 Å². The van der Waals surface area contributed by atoms with Crippen LogP contribution in [0, 0.1) is 5.92 Å². The van der Waals surface area contributed by atoms with Crippen molar-refractivity contribution < 1.29 is 43.8 Å². The number of hydrogen-bond acceptors (Lipinski definition) is 12. The van der Waals surface area contributed by atoms with Gasteiger partial charge in [0.25, 0.3) is 0 Å². The molecule has 15 N–H and O–H groups in total. The predicted octanol–water partition coefficient (Wildman–Crippen LogP) is -2.32. The normalized spacial score (nSPS) is 15.7. The Morgan fingerprint density at radius 3 is 1.83 bits per heavy atom. The van der Waals surface area contributed by atoms with E-state index in [9.17, 15) is 43.8 Å². The Morgan fingerprint density at radius 1 is 0.769 bits per heavy atom. The molecule has 0 radical (unpaired) electrons. The monoisotopic (exact) mass is 903 g/mol. The smallest absolute Gasteiger partial charge is 0.246 e. The van der Waals surface area contributed by atoms with E-state index in [1.54, 1.807) is 45.2 Å². The number of phenols is 2. The quantitative estimate of drug-likeness (QED) is 0.0256. The number of aliphatic imine (C=N–C) groups is 1. The van der Waals surface area contributed by atoms with Crippen molar-refractivity contribution in [1.29, 1.82) is 0 Å². The standard InChI is InChI=1S/C43H61N13O9/c1-24(2)36(55-38(61)30(51-35(59)22-47-3)6-4-16-49-43(45)46)41(64)53-32(19-26-10-14-29(58)15-11-26)39(62)52-31(18-25-8-12-28(57)13-9-25)40(63)54-33(20-27-21-48-23-50-27)42(65)56-17-5-7-34(56)37(44)60/h8-15,21,23-24,30-34,36,47,57-58H,4-7,16-20,22H2,1-3H3,(H2,44,60)(H,48,50)(H,51,59)(H,52,62)(H,53,64)(H,54,63)(H,55,61)(H4,45,46,49)/t30-,31-,32-,33-,34-,36-/m0/s1. The topological polar surface area (TPSA) is 354 Å². The molecule has 1 saturated heterocycles. The SMILES string of the molecule is CNCC(=O)N[C@@H](CCCN=C(N)N)C(=O)N[C@H](C(=O)N[C@@H](Cc1ccc(O)cc1)C(=O)N[C@@H](Cc1ccc(O)cc1)C(=O)N[C@@H](Cc1cnc[nH]1)C(=O)N1CCC[C@H]1C(N)=O)C(C)C. The number of amides is 7. The number of likely N-dealkylation sites (N-methyl/N-ethyl adjacent to an activating group) is 1. The van der Waals surface area contributed by atoms with Gasteiger partial charge in [-0.15, -0.1) is 0 Å². The number of imidazole rings is 1. The van der Waals surface area contributed by atoms with Gasteiger partial charge in [-0.3, -0.25) is 38.6 Å². The lowest BCUT2D eigenvalue weighted by Crippen LogP contribution is -2.61. The molecule has 22 heteroatoms. The minimum Gasteiger partial charge on any atom is -0.508 e. The third kappa shape index (κ3) is 15.8. The van der Waals surface area contributed by atoms with Crippen molar-refractivity contribution in [1.82, 2.24) is 46.8 Å². The summed E-state index contributed by atoms with van der Waals surface area (Å²) in [5.74, 6) is -5.52. The second-order valence-electron chi connectivity index (χ2n) is 16.1. The van der Waals surface area contributed by atoms with Crippen LogP contribution in [0.1, 0.15) is 56.4 Å². The highest BCUT2D eigenvalue weighted by molar-refractivity contribution is 5.97. The van der Waals surface area contributed by atoms with Crippen LogP contribution in [0.25, 0.3) is 0 Å². The summed E-state index contributed by atoms with van der Waals surface area (Å²) >= 11 is 0. The van der Waals surface area contributed by atoms with Crippen LogP contribution in [0.2, 0.25) is 0 Å². The fraction of sp³-hybridized carbons (Fsp3) is 0.465. The maximum absolute atomic E-state index is 14.5. The van der Waals surface area contributed by atoms with E-state index in [0.29, 0.717) is 36.1 Å². The van der Waals surface area contributed by atoms with Gasteiger partial charge in [0.05, 0.1) is 12.9 Å². The minimum absolute atomic E-state index is 0.0419. The number of carbonyl (C=O) groups is 7. The zero-order chi connectivity index (χ0) is 47.6. The van der Waals surface area contributed by atoms with Crippen LogP contribution < -0.4 is 49.1 Å². The van der Waals surface area contributed by atoms with Crippen LogP contribution >= 0.6 is 0 Å². The van der Waals surface area contributed by atoms with E-state index in [1.165, 1.54) is 41.7 Å². The van der Waals surface area contributed by atoms with E-state index < -0.39 is 83.5 Å². The highest BCUT2D eigenvalue weighted by Crippen LogP contribution is 2.20. The van der Waals surface area contributed by atoms with Gasteiger partial charge in [0.2, 0.25) is 41.4 Å². The molecule has 0 aliphatic carbocycles. The zero-order valence-electron chi connectivity index (χ0n) is 36.7. The summed E-state index contributed by atoms with van der Waals surface area (Å²) in [6.07, 6.45) is 3.88. The Balaban J connectivity index is 1.64. The van der Waals surface area contributed by atoms with Crippen LogP contribution in [0.3, 0.4) is 0 Å². The number of aromatic hydroxyl groups is 2. The van der Waals surface area contributed by atoms with E-state index in [-0.39, 0.29) is 62.8 Å². The minimum atomic E-state index is -1.38. The molecule has 0 bridgehead atoms. The Labute approximate surface area is 376 Å². The number of hydrogen-bond donors (Lipinski definition) is 12. The first-order valence-corrected chi connectivity index (χ1v) is 21.3. The molecule has 1 aliphatic rings. The second-order valence-corrected chi connectivity index (χ2v) is 16.1. The lowest BCUT2D eigenvalue weighted by Gasteiger charge is -2.30. The fourth-order valence-electron chi connectivity index (χ4n) is 7.27. The van der Waals surface area contributed by atoms with E-state index in [4.69, 9.17) is 17.2 Å². The first kappa shape index (κ1) is 50.4. The Morgan fingerprint density at radius 2 is 1.32 bits per heavy atom. The van der Waals surface area contributed by atoms with Crippen LogP contribution in [0.5, 0.6) is 11.5 Å². The molecule has 4 rings (SSSR count). The molecule has 1 aromatic heterocycles. The lowest BCUT2D eigenvalue weighted by atomic mass is 9.99. The molecular formula is C43H61N13O9. The Bertz CT molecular complexity index is 2110. The van der Waals surface area contributed by atoms with Crippen molar-refractivity contribution in [2.75, 3.05) is 26.7 Å². The number of nitrogens with two attached hydrogens (primary N) is 3. The third-order valence-corrected chi connectivity index (χ3v) is 10.7. The van der Waals surface area contributed by atoms with Gasteiger partial charge in [0, 0.05) is 44.2 Å². The molecule has 3 aromatic rings. The zero-order valence-corrected chi connectivity index (χ0v) is 36.7. The number of aromatic nitrogens is 2. The van der Waals surface area contributed by atoms with Gasteiger partial charge in [-0.2, -0.15) is 0 Å².